The summed E-state index contributed by atoms with van der Waals surface area (Å²) in [4.78, 5) is 2.24. The van der Waals surface area contributed by atoms with Gasteiger partial charge in [-0.3, -0.25) is 4.90 Å². The minimum atomic E-state index is -4.65. The molecular formula is C14H17BrF3NO2. The summed E-state index contributed by atoms with van der Waals surface area (Å²) in [5.41, 5.74) is 0.951. The van der Waals surface area contributed by atoms with Gasteiger partial charge in [0.05, 0.1) is 12.2 Å². The number of alkyl halides is 4. The maximum atomic E-state index is 12.1. The van der Waals surface area contributed by atoms with Gasteiger partial charge in [-0.05, 0) is 24.6 Å². The van der Waals surface area contributed by atoms with Gasteiger partial charge in [-0.2, -0.15) is 0 Å². The third-order valence-electron chi connectivity index (χ3n) is 3.14. The first-order valence-corrected chi connectivity index (χ1v) is 7.76. The van der Waals surface area contributed by atoms with Gasteiger partial charge in [0.1, 0.15) is 5.75 Å². The molecule has 1 heterocycles. The Bertz CT molecular complexity index is 453. The van der Waals surface area contributed by atoms with Crippen molar-refractivity contribution in [2.75, 3.05) is 18.4 Å². The number of ether oxygens (including phenoxy) is 2. The van der Waals surface area contributed by atoms with E-state index < -0.39 is 6.36 Å². The second-order valence-electron chi connectivity index (χ2n) is 5.11. The molecule has 3 nitrogen and oxygen atoms in total. The van der Waals surface area contributed by atoms with Crippen molar-refractivity contribution in [3.8, 4) is 5.75 Å². The van der Waals surface area contributed by atoms with Crippen LogP contribution >= 0.6 is 15.9 Å². The molecule has 0 radical (unpaired) electrons. The van der Waals surface area contributed by atoms with Crippen LogP contribution in [-0.4, -0.2) is 41.9 Å². The van der Waals surface area contributed by atoms with Gasteiger partial charge in [0.15, 0.2) is 0 Å². The highest BCUT2D eigenvalue weighted by Gasteiger charge is 2.31. The van der Waals surface area contributed by atoms with Crippen molar-refractivity contribution >= 4 is 15.9 Å². The van der Waals surface area contributed by atoms with Crippen LogP contribution in [0.1, 0.15) is 12.5 Å². The van der Waals surface area contributed by atoms with E-state index in [1.165, 1.54) is 12.1 Å². The molecule has 1 aliphatic heterocycles. The van der Waals surface area contributed by atoms with Crippen molar-refractivity contribution in [1.29, 1.82) is 0 Å². The molecule has 0 amide bonds. The fourth-order valence-corrected chi connectivity index (χ4v) is 2.77. The van der Waals surface area contributed by atoms with Gasteiger partial charge in [-0.1, -0.05) is 28.1 Å². The Hall–Kier alpha value is -0.790. The lowest BCUT2D eigenvalue weighted by molar-refractivity contribution is -0.274. The number of nitrogens with zero attached hydrogens (tertiary/aromatic N) is 1. The maximum absolute atomic E-state index is 12.1. The van der Waals surface area contributed by atoms with Crippen LogP contribution in [0.15, 0.2) is 24.3 Å². The zero-order chi connectivity index (χ0) is 15.5. The highest BCUT2D eigenvalue weighted by molar-refractivity contribution is 9.09. The molecule has 118 valence electrons. The molecule has 2 rings (SSSR count). The second kappa shape index (κ2) is 6.98. The maximum Gasteiger partial charge on any atom is 0.573 e. The Morgan fingerprint density at radius 2 is 1.95 bits per heavy atom. The van der Waals surface area contributed by atoms with E-state index in [0.717, 1.165) is 24.0 Å². The quantitative estimate of drug-likeness (QED) is 0.759. The average molecular weight is 368 g/mol. The standard InChI is InChI=1S/C14H17BrF3NO2/c1-10-7-19(9-13(6-15)20-10)8-11-2-4-12(5-3-11)21-14(16,17)18/h2-5,10,13H,6-9H2,1H3. The topological polar surface area (TPSA) is 21.7 Å². The highest BCUT2D eigenvalue weighted by Crippen LogP contribution is 2.23. The van der Waals surface area contributed by atoms with Crippen LogP contribution in [0.25, 0.3) is 0 Å². The third-order valence-corrected chi connectivity index (χ3v) is 3.86. The third kappa shape index (κ3) is 5.48. The summed E-state index contributed by atoms with van der Waals surface area (Å²) in [6.07, 6.45) is -4.36. The average Bonchev–Trinajstić information content (AvgIpc) is 2.38. The lowest BCUT2D eigenvalue weighted by Crippen LogP contribution is -2.46. The van der Waals surface area contributed by atoms with Gasteiger partial charge < -0.3 is 9.47 Å². The molecule has 1 aromatic carbocycles. The van der Waals surface area contributed by atoms with Crippen molar-refractivity contribution in [3.05, 3.63) is 29.8 Å². The van der Waals surface area contributed by atoms with Crippen LogP contribution in [0, 0.1) is 0 Å². The number of halogens is 4. The van der Waals surface area contributed by atoms with Crippen LogP contribution in [0.3, 0.4) is 0 Å². The minimum Gasteiger partial charge on any atom is -0.406 e. The zero-order valence-corrected chi connectivity index (χ0v) is 13.2. The molecule has 0 saturated carbocycles. The monoisotopic (exact) mass is 367 g/mol. The Labute approximate surface area is 130 Å². The molecule has 1 aromatic rings. The summed E-state index contributed by atoms with van der Waals surface area (Å²) in [7, 11) is 0. The number of rotatable bonds is 4. The van der Waals surface area contributed by atoms with Crippen molar-refractivity contribution in [3.63, 3.8) is 0 Å². The molecule has 0 bridgehead atoms. The minimum absolute atomic E-state index is 0.140. The van der Waals surface area contributed by atoms with Crippen LogP contribution in [0.2, 0.25) is 0 Å². The fraction of sp³-hybridized carbons (Fsp3) is 0.571. The Morgan fingerprint density at radius 1 is 1.29 bits per heavy atom. The second-order valence-corrected chi connectivity index (χ2v) is 5.76. The van der Waals surface area contributed by atoms with Gasteiger partial charge in [-0.15, -0.1) is 13.2 Å². The summed E-state index contributed by atoms with van der Waals surface area (Å²) in [6.45, 7) is 4.31. The SMILES string of the molecule is CC1CN(Cc2ccc(OC(F)(F)F)cc2)CC(CBr)O1. The van der Waals surface area contributed by atoms with E-state index in [-0.39, 0.29) is 18.0 Å². The lowest BCUT2D eigenvalue weighted by Gasteiger charge is -2.36. The lowest BCUT2D eigenvalue weighted by atomic mass is 10.1. The largest absolute Gasteiger partial charge is 0.573 e. The van der Waals surface area contributed by atoms with Crippen molar-refractivity contribution in [2.45, 2.75) is 32.0 Å². The Kier molecular flexibility index (Phi) is 5.51. The summed E-state index contributed by atoms with van der Waals surface area (Å²) < 4.78 is 45.9. The predicted octanol–water partition coefficient (Wildman–Crippen LogP) is 3.57. The van der Waals surface area contributed by atoms with E-state index in [1.54, 1.807) is 12.1 Å². The van der Waals surface area contributed by atoms with Gasteiger partial charge in [0, 0.05) is 25.0 Å². The van der Waals surface area contributed by atoms with Crippen LogP contribution in [0.5, 0.6) is 5.75 Å². The van der Waals surface area contributed by atoms with Gasteiger partial charge in [0.2, 0.25) is 0 Å². The van der Waals surface area contributed by atoms with Gasteiger partial charge >= 0.3 is 6.36 Å². The molecule has 2 unspecified atom stereocenters. The molecule has 2 atom stereocenters. The van der Waals surface area contributed by atoms with E-state index in [0.29, 0.717) is 6.54 Å². The number of benzene rings is 1. The predicted molar refractivity (Wildman–Crippen MR) is 76.5 cm³/mol. The molecular weight excluding hydrogens is 351 g/mol. The van der Waals surface area contributed by atoms with Crippen molar-refractivity contribution in [1.82, 2.24) is 4.90 Å². The van der Waals surface area contributed by atoms with E-state index in [4.69, 9.17) is 4.74 Å². The Morgan fingerprint density at radius 3 is 2.52 bits per heavy atom. The number of hydrogen-bond donors (Lipinski definition) is 0. The molecule has 1 saturated heterocycles. The first-order valence-electron chi connectivity index (χ1n) is 6.64. The molecule has 1 fully saturated rings. The van der Waals surface area contributed by atoms with Crippen molar-refractivity contribution in [2.24, 2.45) is 0 Å². The van der Waals surface area contributed by atoms with Crippen LogP contribution in [-0.2, 0) is 11.3 Å². The molecule has 0 aliphatic carbocycles. The zero-order valence-electron chi connectivity index (χ0n) is 11.6. The first kappa shape index (κ1) is 16.6. The smallest absolute Gasteiger partial charge is 0.406 e. The molecule has 21 heavy (non-hydrogen) atoms. The van der Waals surface area contributed by atoms with Gasteiger partial charge in [-0.25, -0.2) is 0 Å². The number of hydrogen-bond acceptors (Lipinski definition) is 3. The fourth-order valence-electron chi connectivity index (χ4n) is 2.41. The molecule has 1 aliphatic rings. The first-order chi connectivity index (χ1) is 9.85. The molecule has 0 spiro atoms. The molecule has 7 heteroatoms. The number of morpholine rings is 1. The van der Waals surface area contributed by atoms with Crippen molar-refractivity contribution < 1.29 is 22.6 Å². The highest BCUT2D eigenvalue weighted by atomic mass is 79.9. The van der Waals surface area contributed by atoms with E-state index in [1.807, 2.05) is 6.92 Å². The summed E-state index contributed by atoms with van der Waals surface area (Å²) in [6, 6.07) is 6.00. The summed E-state index contributed by atoms with van der Waals surface area (Å²) in [5.74, 6) is -0.195. The van der Waals surface area contributed by atoms with Gasteiger partial charge in [0.25, 0.3) is 0 Å². The van der Waals surface area contributed by atoms with E-state index in [9.17, 15) is 13.2 Å². The van der Waals surface area contributed by atoms with Crippen LogP contribution in [0.4, 0.5) is 13.2 Å². The Balaban J connectivity index is 1.93. The van der Waals surface area contributed by atoms with E-state index >= 15 is 0 Å². The normalized spacial score (nSPS) is 24.0. The molecule has 0 aromatic heterocycles. The molecule has 0 N–H and O–H groups in total. The van der Waals surface area contributed by atoms with Crippen LogP contribution < -0.4 is 4.74 Å². The summed E-state index contributed by atoms with van der Waals surface area (Å²) >= 11 is 3.41. The summed E-state index contributed by atoms with van der Waals surface area (Å²) in [5, 5.41) is 0.770. The van der Waals surface area contributed by atoms with E-state index in [2.05, 4.69) is 25.6 Å².